The number of esters is 1. The standard InChI is InChI=1S/C58H64N2O9/c1-42-52(63-36-45-24-12-5-13-25-45)55(65-38-47-28-16-7-17-29-47)54(64-37-46-26-14-6-15-27-46)51(68-42)34-59-58-57(67-40-49-32-20-9-21-33-49)56(66-39-48-30-18-8-19-31-48)53(69-43(2)61)50(60(58)3)41-62-35-44-22-10-4-11-23-44/h4-33,42,50-57H,34-41H2,1-3H3/t42-,50-,51-,52+,53-,54-,55-,56+,57-/m1/s1. The zero-order valence-corrected chi connectivity index (χ0v) is 39.7. The lowest BCUT2D eigenvalue weighted by atomic mass is 9.92. The number of piperidine rings is 1. The number of nitrogens with zero attached hydrogens (tertiary/aromatic N) is 2. The minimum atomic E-state index is -0.794. The largest absolute Gasteiger partial charge is 0.457 e. The van der Waals surface area contributed by atoms with Crippen LogP contribution in [-0.4, -0.2) is 91.8 Å². The van der Waals surface area contributed by atoms with Crippen molar-refractivity contribution in [1.82, 2.24) is 4.90 Å². The molecule has 9 atom stereocenters. The van der Waals surface area contributed by atoms with Gasteiger partial charge in [-0.3, -0.25) is 9.79 Å². The lowest BCUT2D eigenvalue weighted by Gasteiger charge is -2.48. The Hall–Kier alpha value is -6.02. The van der Waals surface area contributed by atoms with Gasteiger partial charge in [0.25, 0.3) is 0 Å². The highest BCUT2D eigenvalue weighted by molar-refractivity contribution is 5.89. The second-order valence-electron chi connectivity index (χ2n) is 17.6. The SMILES string of the molecule is CC(=O)O[C@H]1[C@H](OCc2ccccc2)[C@@H](OCc2ccccc2)C(=NC[C@H]2O[C@H](C)[C@H](OCc3ccccc3)[C@@H](OCc3ccccc3)[C@@H]2OCc2ccccc2)N(C)[C@@H]1COCc1ccccc1. The molecule has 2 aliphatic heterocycles. The van der Waals surface area contributed by atoms with Gasteiger partial charge >= 0.3 is 5.97 Å². The molecule has 69 heavy (non-hydrogen) atoms. The number of hydrogen-bond acceptors (Lipinski definition) is 10. The van der Waals surface area contributed by atoms with Crippen LogP contribution in [0.3, 0.4) is 0 Å². The van der Waals surface area contributed by atoms with Crippen molar-refractivity contribution in [2.24, 2.45) is 4.99 Å². The Balaban J connectivity index is 1.16. The van der Waals surface area contributed by atoms with Crippen molar-refractivity contribution in [3.05, 3.63) is 215 Å². The van der Waals surface area contributed by atoms with Crippen molar-refractivity contribution in [2.75, 3.05) is 20.2 Å². The molecule has 0 spiro atoms. The summed E-state index contributed by atoms with van der Waals surface area (Å²) in [5.74, 6) is 0.161. The Labute approximate surface area is 406 Å². The molecule has 0 N–H and O–H groups in total. The molecule has 2 saturated heterocycles. The summed E-state index contributed by atoms with van der Waals surface area (Å²) in [4.78, 5) is 20.6. The van der Waals surface area contributed by atoms with E-state index >= 15 is 0 Å². The Bertz CT molecular complexity index is 2430. The van der Waals surface area contributed by atoms with Gasteiger partial charge in [-0.1, -0.05) is 182 Å². The summed E-state index contributed by atoms with van der Waals surface area (Å²) in [6.07, 6.45) is -4.99. The Morgan fingerprint density at radius 1 is 0.493 bits per heavy atom. The van der Waals surface area contributed by atoms with Gasteiger partial charge in [0, 0.05) is 14.0 Å². The van der Waals surface area contributed by atoms with Crippen molar-refractivity contribution in [2.45, 2.75) is 108 Å². The van der Waals surface area contributed by atoms with E-state index in [2.05, 4.69) is 24.3 Å². The van der Waals surface area contributed by atoms with E-state index in [1.807, 2.05) is 177 Å². The maximum absolute atomic E-state index is 13.1. The molecule has 0 bridgehead atoms. The smallest absolute Gasteiger partial charge is 0.303 e. The van der Waals surface area contributed by atoms with E-state index in [1.165, 1.54) is 6.92 Å². The van der Waals surface area contributed by atoms with Gasteiger partial charge in [-0.05, 0) is 40.3 Å². The quantitative estimate of drug-likeness (QED) is 0.0612. The van der Waals surface area contributed by atoms with E-state index in [4.69, 9.17) is 42.9 Å². The molecule has 0 amide bonds. The number of ether oxygens (including phenoxy) is 8. The van der Waals surface area contributed by atoms with E-state index in [1.54, 1.807) is 0 Å². The molecular weight excluding hydrogens is 869 g/mol. The van der Waals surface area contributed by atoms with Crippen LogP contribution in [0.15, 0.2) is 187 Å². The van der Waals surface area contributed by atoms with Crippen molar-refractivity contribution in [3.8, 4) is 0 Å². The highest BCUT2D eigenvalue weighted by Gasteiger charge is 2.51. The number of likely N-dealkylation sites (N-methyl/N-ethyl adjacent to an activating group) is 1. The van der Waals surface area contributed by atoms with Gasteiger partial charge in [-0.15, -0.1) is 0 Å². The fourth-order valence-electron chi connectivity index (χ4n) is 8.97. The molecule has 0 aliphatic carbocycles. The predicted octanol–water partition coefficient (Wildman–Crippen LogP) is 9.56. The Morgan fingerprint density at radius 2 is 0.870 bits per heavy atom. The normalized spacial score (nSPS) is 24.2. The number of rotatable bonds is 22. The minimum Gasteiger partial charge on any atom is -0.457 e. The van der Waals surface area contributed by atoms with Gasteiger partial charge in [0.2, 0.25) is 0 Å². The molecule has 0 aromatic heterocycles. The van der Waals surface area contributed by atoms with E-state index in [-0.39, 0.29) is 26.4 Å². The summed E-state index contributed by atoms with van der Waals surface area (Å²) in [5.41, 5.74) is 6.04. The summed E-state index contributed by atoms with van der Waals surface area (Å²) < 4.78 is 54.2. The van der Waals surface area contributed by atoms with Gasteiger partial charge in [0.15, 0.2) is 6.10 Å². The first-order chi connectivity index (χ1) is 33.9. The molecule has 0 unspecified atom stereocenters. The van der Waals surface area contributed by atoms with Crippen LogP contribution < -0.4 is 0 Å². The Kier molecular flexibility index (Phi) is 18.3. The first kappa shape index (κ1) is 49.4. The third-order valence-electron chi connectivity index (χ3n) is 12.5. The van der Waals surface area contributed by atoms with Crippen LogP contribution in [0.1, 0.15) is 47.2 Å². The van der Waals surface area contributed by atoms with Gasteiger partial charge < -0.3 is 42.8 Å². The first-order valence-corrected chi connectivity index (χ1v) is 23.9. The maximum Gasteiger partial charge on any atom is 0.303 e. The molecule has 0 saturated carbocycles. The number of benzene rings is 6. The number of amidine groups is 1. The van der Waals surface area contributed by atoms with Crippen LogP contribution in [0, 0.1) is 0 Å². The van der Waals surface area contributed by atoms with Crippen molar-refractivity contribution >= 4 is 11.8 Å². The molecule has 2 heterocycles. The Morgan fingerprint density at radius 3 is 1.30 bits per heavy atom. The lowest BCUT2D eigenvalue weighted by molar-refractivity contribution is -0.259. The average Bonchev–Trinajstić information content (AvgIpc) is 3.38. The number of carbonyl (C=O) groups is 1. The highest BCUT2D eigenvalue weighted by atomic mass is 16.6. The van der Waals surface area contributed by atoms with Crippen LogP contribution in [0.4, 0.5) is 0 Å². The summed E-state index contributed by atoms with van der Waals surface area (Å²) in [6, 6.07) is 59.7. The van der Waals surface area contributed by atoms with Crippen molar-refractivity contribution < 1.29 is 42.7 Å². The number of aliphatic imine (C=N–C) groups is 1. The minimum absolute atomic E-state index is 0.173. The van der Waals surface area contributed by atoms with Gasteiger partial charge in [-0.2, -0.15) is 0 Å². The monoisotopic (exact) mass is 932 g/mol. The molecular formula is C58H64N2O9. The summed E-state index contributed by atoms with van der Waals surface area (Å²) in [6.45, 7) is 5.71. The highest BCUT2D eigenvalue weighted by Crippen LogP contribution is 2.33. The van der Waals surface area contributed by atoms with Gasteiger partial charge in [0.05, 0.1) is 64.9 Å². The fourth-order valence-corrected chi connectivity index (χ4v) is 8.97. The van der Waals surface area contributed by atoms with Crippen molar-refractivity contribution in [3.63, 3.8) is 0 Å². The zero-order chi connectivity index (χ0) is 47.6. The zero-order valence-electron chi connectivity index (χ0n) is 39.7. The van der Waals surface area contributed by atoms with Crippen LogP contribution in [0.25, 0.3) is 0 Å². The number of hydrogen-bond donors (Lipinski definition) is 0. The van der Waals surface area contributed by atoms with E-state index in [0.29, 0.717) is 32.3 Å². The molecule has 6 aromatic rings. The second kappa shape index (κ2) is 25.5. The number of carbonyl (C=O) groups excluding carboxylic acids is 1. The van der Waals surface area contributed by atoms with Gasteiger partial charge in [0.1, 0.15) is 42.5 Å². The van der Waals surface area contributed by atoms with Crippen LogP contribution in [0.2, 0.25) is 0 Å². The molecule has 360 valence electrons. The van der Waals surface area contributed by atoms with E-state index in [0.717, 1.165) is 33.4 Å². The summed E-state index contributed by atoms with van der Waals surface area (Å²) >= 11 is 0. The van der Waals surface area contributed by atoms with E-state index < -0.39 is 60.8 Å². The third-order valence-corrected chi connectivity index (χ3v) is 12.5. The van der Waals surface area contributed by atoms with Crippen molar-refractivity contribution in [1.29, 1.82) is 0 Å². The maximum atomic E-state index is 13.1. The molecule has 8 rings (SSSR count). The van der Waals surface area contributed by atoms with Crippen LogP contribution in [0.5, 0.6) is 0 Å². The topological polar surface area (TPSA) is 107 Å². The molecule has 11 heteroatoms. The average molecular weight is 933 g/mol. The fraction of sp³-hybridized carbons (Fsp3) is 0.345. The first-order valence-electron chi connectivity index (χ1n) is 23.9. The summed E-state index contributed by atoms with van der Waals surface area (Å²) in [5, 5.41) is 0. The molecule has 11 nitrogen and oxygen atoms in total. The molecule has 0 radical (unpaired) electrons. The lowest BCUT2D eigenvalue weighted by Crippen LogP contribution is -2.67. The molecule has 6 aromatic carbocycles. The van der Waals surface area contributed by atoms with Gasteiger partial charge in [-0.25, -0.2) is 0 Å². The molecule has 2 fully saturated rings. The van der Waals surface area contributed by atoms with Crippen LogP contribution in [-0.2, 0) is 82.3 Å². The third kappa shape index (κ3) is 14.0. The predicted molar refractivity (Wildman–Crippen MR) is 265 cm³/mol. The molecule has 2 aliphatic rings. The number of likely N-dealkylation sites (tertiary alicyclic amines) is 1. The van der Waals surface area contributed by atoms with E-state index in [9.17, 15) is 4.79 Å². The summed E-state index contributed by atoms with van der Waals surface area (Å²) in [7, 11) is 1.95. The van der Waals surface area contributed by atoms with Crippen LogP contribution >= 0.6 is 0 Å². The second-order valence-corrected chi connectivity index (χ2v) is 17.6.